The van der Waals surface area contributed by atoms with Gasteiger partial charge in [-0.2, -0.15) is 15.0 Å². The number of carbonyl (C=O) groups is 3. The standard InChI is InChI=1S/2C32H32N6O2S.C31H30N6O2S/c1-21-16-23(20-38-13-11-37(3)12-14-38)18-26(17-21)34-31(39)25-5-4-22(2)28(19-25)40-32-29-27(8-15-41-29)35-30(36-32)24-6-9-33-10-7-24;1-21-15-23(20-38-12-10-37(3)11-13-38)17-26(16-21)34-31(39)24-7-6-22(2)28(18-24)40-32-29-27(8-14-41-29)35-30(36-32)25-5-4-9-33-19-25;1-21-16-22(20-37-13-11-36(2)12-14-37)18-25(17-21)33-30(38)24-4-3-5-26(19-24)39-31-28-27(8-15-40-28)34-29(35-31)23-6-9-32-10-7-23/h4-10,15-19H,11-14,20H2,1-3H3,(H,34,39);4-9,14-19H,10-13,20H2,1-3H3,(H,34,39);3-10,15-19H,11-14,20H2,1-2H3,(H,33,38). The van der Waals surface area contributed by atoms with E-state index in [9.17, 15) is 14.4 Å². The number of aromatic nitrogens is 9. The quantitative estimate of drug-likeness (QED) is 0.0605. The van der Waals surface area contributed by atoms with Crippen LogP contribution in [0.25, 0.3) is 64.8 Å². The Morgan fingerprint density at radius 1 is 0.352 bits per heavy atom. The van der Waals surface area contributed by atoms with Crippen molar-refractivity contribution in [2.75, 3.05) is 116 Å². The zero-order valence-corrected chi connectivity index (χ0v) is 71.8. The SMILES string of the molecule is Cc1cc(CN2CCN(C)CC2)cc(NC(=O)c2ccc(C)c(Oc3nc(-c4cccnc4)nc4ccsc34)c2)c1.Cc1cc(CN2CCN(C)CC2)cc(NC(=O)c2ccc(C)c(Oc3nc(-c4ccncc4)nc4ccsc34)c2)c1.Cc1cc(CN2CCN(C)CC2)cc(NC(=O)c2cccc(Oc3nc(-c4ccncc4)nc4ccsc34)c2)c1. The average Bonchev–Trinajstić information content (AvgIpc) is 1.59. The second-order valence-electron chi connectivity index (χ2n) is 31.2. The molecule has 0 unspecified atom stereocenters. The van der Waals surface area contributed by atoms with Crippen molar-refractivity contribution >= 4 is 99.4 Å². The van der Waals surface area contributed by atoms with Gasteiger partial charge in [0.1, 0.15) is 31.3 Å². The van der Waals surface area contributed by atoms with E-state index in [-0.39, 0.29) is 17.7 Å². The van der Waals surface area contributed by atoms with Crippen molar-refractivity contribution in [2.45, 2.75) is 54.3 Å². The van der Waals surface area contributed by atoms with Gasteiger partial charge < -0.3 is 44.9 Å². The molecule has 24 nitrogen and oxygen atoms in total. The molecule has 12 heterocycles. The fourth-order valence-corrected chi connectivity index (χ4v) is 17.1. The highest BCUT2D eigenvalue weighted by Crippen LogP contribution is 2.39. The minimum absolute atomic E-state index is 0.188. The van der Waals surface area contributed by atoms with Gasteiger partial charge in [0.15, 0.2) is 17.5 Å². The molecule has 122 heavy (non-hydrogen) atoms. The number of fused-ring (bicyclic) bond motifs is 3. The van der Waals surface area contributed by atoms with Gasteiger partial charge in [0.25, 0.3) is 17.7 Å². The van der Waals surface area contributed by atoms with Crippen LogP contribution >= 0.6 is 34.0 Å². The number of hydrogen-bond acceptors (Lipinski definition) is 24. The number of piperazine rings is 3. The van der Waals surface area contributed by atoms with Gasteiger partial charge in [0.05, 0.1) is 16.6 Å². The number of likely N-dealkylation sites (N-methyl/N-ethyl adjacent to an activating group) is 3. The molecule has 0 saturated carbocycles. The lowest BCUT2D eigenvalue weighted by Gasteiger charge is -2.32. The Kier molecular flexibility index (Phi) is 26.2. The van der Waals surface area contributed by atoms with E-state index in [1.807, 2.05) is 139 Å². The molecule has 6 aromatic carbocycles. The van der Waals surface area contributed by atoms with Gasteiger partial charge in [-0.15, -0.1) is 34.0 Å². The van der Waals surface area contributed by atoms with Gasteiger partial charge in [0, 0.05) is 186 Å². The van der Waals surface area contributed by atoms with Crippen LogP contribution in [-0.4, -0.2) is 192 Å². The molecule has 0 spiro atoms. The van der Waals surface area contributed by atoms with E-state index < -0.39 is 0 Å². The van der Waals surface area contributed by atoms with E-state index in [0.717, 1.165) is 190 Å². The number of thiophene rings is 3. The summed E-state index contributed by atoms with van der Waals surface area (Å²) in [5, 5.41) is 15.2. The van der Waals surface area contributed by atoms with Crippen LogP contribution in [0.1, 0.15) is 75.6 Å². The molecule has 27 heteroatoms. The van der Waals surface area contributed by atoms with Gasteiger partial charge in [-0.05, 0) is 250 Å². The Balaban J connectivity index is 0.000000136. The molecule has 618 valence electrons. The van der Waals surface area contributed by atoms with Crippen molar-refractivity contribution in [3.05, 3.63) is 284 Å². The monoisotopic (exact) mass is 1680 g/mol. The first kappa shape index (κ1) is 83.1. The van der Waals surface area contributed by atoms with Crippen LogP contribution in [0.15, 0.2) is 223 Å². The molecule has 0 aliphatic carbocycles. The van der Waals surface area contributed by atoms with Gasteiger partial charge in [-0.1, -0.05) is 36.4 Å². The molecule has 3 fully saturated rings. The zero-order valence-electron chi connectivity index (χ0n) is 69.4. The predicted octanol–water partition coefficient (Wildman–Crippen LogP) is 18.2. The molecular formula is C95H94N18O6S3. The minimum Gasteiger partial charge on any atom is -0.437 e. The van der Waals surface area contributed by atoms with Crippen LogP contribution in [-0.2, 0) is 19.6 Å². The number of ether oxygens (including phenoxy) is 3. The fraction of sp³-hybridized carbons (Fsp3) is 0.242. The highest BCUT2D eigenvalue weighted by molar-refractivity contribution is 7.18. The topological polar surface area (TPSA) is 250 Å². The molecule has 3 amide bonds. The number of benzene rings is 6. The number of nitrogens with zero attached hydrogens (tertiary/aromatic N) is 15. The number of rotatable bonds is 21. The number of hydrogen-bond donors (Lipinski definition) is 3. The molecule has 3 N–H and O–H groups in total. The number of nitrogens with one attached hydrogen (secondary N) is 3. The Bertz CT molecular complexity index is 5980. The summed E-state index contributed by atoms with van der Waals surface area (Å²) < 4.78 is 21.5. The summed E-state index contributed by atoms with van der Waals surface area (Å²) in [4.78, 5) is 95.0. The Morgan fingerprint density at radius 2 is 0.721 bits per heavy atom. The van der Waals surface area contributed by atoms with E-state index in [1.165, 1.54) is 50.7 Å². The van der Waals surface area contributed by atoms with Crippen molar-refractivity contribution in [2.24, 2.45) is 0 Å². The lowest BCUT2D eigenvalue weighted by molar-refractivity contribution is 0.101. The minimum atomic E-state index is -0.192. The zero-order chi connectivity index (χ0) is 84.2. The molecule has 0 bridgehead atoms. The van der Waals surface area contributed by atoms with Crippen molar-refractivity contribution < 1.29 is 28.6 Å². The van der Waals surface area contributed by atoms with E-state index in [0.29, 0.717) is 69.1 Å². The largest absolute Gasteiger partial charge is 0.437 e. The molecule has 0 radical (unpaired) electrons. The number of anilines is 3. The first-order chi connectivity index (χ1) is 59.3. The van der Waals surface area contributed by atoms with Crippen LogP contribution in [0.2, 0.25) is 0 Å². The van der Waals surface area contributed by atoms with Gasteiger partial charge >= 0.3 is 0 Å². The van der Waals surface area contributed by atoms with Crippen molar-refractivity contribution in [3.8, 4) is 69.1 Å². The predicted molar refractivity (Wildman–Crippen MR) is 487 cm³/mol. The Hall–Kier alpha value is -12.5. The van der Waals surface area contributed by atoms with E-state index in [2.05, 4.69) is 149 Å². The lowest BCUT2D eigenvalue weighted by Crippen LogP contribution is -2.43. The van der Waals surface area contributed by atoms with E-state index in [1.54, 1.807) is 61.4 Å². The van der Waals surface area contributed by atoms with Crippen LogP contribution in [0, 0.1) is 34.6 Å². The maximum absolute atomic E-state index is 13.4. The summed E-state index contributed by atoms with van der Waals surface area (Å²) in [7, 11) is 6.48. The lowest BCUT2D eigenvalue weighted by atomic mass is 10.1. The second-order valence-corrected chi connectivity index (χ2v) is 33.9. The summed E-state index contributed by atoms with van der Waals surface area (Å²) in [5.74, 6) is 4.14. The fourth-order valence-electron chi connectivity index (χ4n) is 14.8. The van der Waals surface area contributed by atoms with E-state index >= 15 is 0 Å². The van der Waals surface area contributed by atoms with Crippen molar-refractivity contribution in [3.63, 3.8) is 0 Å². The van der Waals surface area contributed by atoms with Gasteiger partial charge in [-0.25, -0.2) is 15.0 Å². The molecular weight excluding hydrogens is 1590 g/mol. The first-order valence-corrected chi connectivity index (χ1v) is 43.3. The maximum Gasteiger partial charge on any atom is 0.255 e. The summed E-state index contributed by atoms with van der Waals surface area (Å²) in [6.45, 7) is 25.5. The summed E-state index contributed by atoms with van der Waals surface area (Å²) in [6.07, 6.45) is 10.3. The number of pyridine rings is 3. The van der Waals surface area contributed by atoms with E-state index in [4.69, 9.17) is 34.1 Å². The second kappa shape index (κ2) is 38.5. The molecule has 3 saturated heterocycles. The Labute approximate surface area is 721 Å². The maximum atomic E-state index is 13.4. The molecule has 3 aliphatic heterocycles. The third kappa shape index (κ3) is 21.2. The van der Waals surface area contributed by atoms with Crippen LogP contribution in [0.3, 0.4) is 0 Å². The summed E-state index contributed by atoms with van der Waals surface area (Å²) in [5.41, 5.74) is 17.6. The van der Waals surface area contributed by atoms with Crippen LogP contribution < -0.4 is 30.2 Å². The Morgan fingerprint density at radius 3 is 1.10 bits per heavy atom. The molecule has 18 rings (SSSR count). The van der Waals surface area contributed by atoms with Crippen LogP contribution in [0.4, 0.5) is 17.1 Å². The number of aryl methyl sites for hydroxylation is 5. The molecule has 3 aliphatic rings. The third-order valence-corrected chi connectivity index (χ3v) is 24.1. The van der Waals surface area contributed by atoms with Gasteiger partial charge in [-0.3, -0.25) is 44.0 Å². The smallest absolute Gasteiger partial charge is 0.255 e. The summed E-state index contributed by atoms with van der Waals surface area (Å²) in [6, 6.07) is 54.1. The first-order valence-electron chi connectivity index (χ1n) is 40.6. The third-order valence-electron chi connectivity index (χ3n) is 21.4. The normalized spacial score (nSPS) is 14.3. The molecule has 0 atom stereocenters. The van der Waals surface area contributed by atoms with Crippen molar-refractivity contribution in [1.29, 1.82) is 0 Å². The highest BCUT2D eigenvalue weighted by atomic mass is 32.1. The van der Waals surface area contributed by atoms with Gasteiger partial charge in [0.2, 0.25) is 17.6 Å². The average molecular weight is 1680 g/mol. The molecule has 15 aromatic rings. The van der Waals surface area contributed by atoms with Crippen molar-refractivity contribution in [1.82, 2.24) is 74.3 Å². The number of carbonyl (C=O) groups excluding carboxylic acids is 3. The molecule has 9 aromatic heterocycles. The number of amides is 3. The highest BCUT2D eigenvalue weighted by Gasteiger charge is 2.24. The van der Waals surface area contributed by atoms with Crippen LogP contribution in [0.5, 0.6) is 34.9 Å². The summed E-state index contributed by atoms with van der Waals surface area (Å²) >= 11 is 4.56.